The third kappa shape index (κ3) is 2.69. The molecule has 2 atom stereocenters. The van der Waals surface area contributed by atoms with Crippen LogP contribution in [-0.2, 0) is 4.79 Å². The fourth-order valence-electron chi connectivity index (χ4n) is 1.75. The highest BCUT2D eigenvalue weighted by Crippen LogP contribution is 2.50. The average molecular weight is 185 g/mol. The van der Waals surface area contributed by atoms with Gasteiger partial charge in [-0.15, -0.1) is 0 Å². The predicted molar refractivity (Wildman–Crippen MR) is 51.1 cm³/mol. The average Bonchev–Trinajstić information content (AvgIpc) is 2.77. The van der Waals surface area contributed by atoms with Crippen molar-refractivity contribution in [3.8, 4) is 0 Å². The summed E-state index contributed by atoms with van der Waals surface area (Å²) in [5.74, 6) is 0.812. The molecule has 0 aromatic heterocycles. The van der Waals surface area contributed by atoms with Gasteiger partial charge in [-0.25, -0.2) is 0 Å². The molecule has 3 heteroatoms. The van der Waals surface area contributed by atoms with Crippen LogP contribution >= 0.6 is 0 Å². The van der Waals surface area contributed by atoms with E-state index in [1.807, 2.05) is 0 Å². The van der Waals surface area contributed by atoms with E-state index in [2.05, 4.69) is 26.1 Å². The van der Waals surface area contributed by atoms with Crippen LogP contribution in [0, 0.1) is 17.3 Å². The van der Waals surface area contributed by atoms with Crippen molar-refractivity contribution >= 4 is 5.91 Å². The Balaban J connectivity index is 2.30. The molecule has 13 heavy (non-hydrogen) atoms. The van der Waals surface area contributed by atoms with Gasteiger partial charge < -0.3 is 10.4 Å². The summed E-state index contributed by atoms with van der Waals surface area (Å²) >= 11 is 0. The minimum atomic E-state index is 0.0264. The predicted octanol–water partition coefficient (Wildman–Crippen LogP) is 0.777. The molecular weight excluding hydrogens is 166 g/mol. The number of carbonyl (C=O) groups excluding carboxylic acids is 1. The number of nitrogens with one attached hydrogen (secondary N) is 1. The Morgan fingerprint density at radius 3 is 2.54 bits per heavy atom. The second-order valence-electron chi connectivity index (χ2n) is 4.83. The number of aliphatic hydroxyl groups is 1. The van der Waals surface area contributed by atoms with Gasteiger partial charge >= 0.3 is 0 Å². The van der Waals surface area contributed by atoms with E-state index in [0.717, 1.165) is 6.42 Å². The van der Waals surface area contributed by atoms with Gasteiger partial charge in [0.25, 0.3) is 0 Å². The van der Waals surface area contributed by atoms with Gasteiger partial charge in [-0.3, -0.25) is 4.79 Å². The second-order valence-corrected chi connectivity index (χ2v) is 4.83. The molecule has 1 aliphatic rings. The van der Waals surface area contributed by atoms with E-state index in [9.17, 15) is 4.79 Å². The SMILES string of the molecule is CC(C)(C)[C@@H]1C[C@H]1C(=O)NCCO. The molecule has 0 spiro atoms. The zero-order chi connectivity index (χ0) is 10.1. The smallest absolute Gasteiger partial charge is 0.223 e. The zero-order valence-corrected chi connectivity index (χ0v) is 8.63. The molecule has 1 amide bonds. The van der Waals surface area contributed by atoms with E-state index >= 15 is 0 Å². The number of carbonyl (C=O) groups is 1. The molecule has 0 unspecified atom stereocenters. The molecule has 0 aromatic rings. The van der Waals surface area contributed by atoms with Crippen LogP contribution in [0.5, 0.6) is 0 Å². The highest BCUT2D eigenvalue weighted by Gasteiger charge is 2.49. The number of hydrogen-bond acceptors (Lipinski definition) is 2. The normalized spacial score (nSPS) is 27.1. The highest BCUT2D eigenvalue weighted by atomic mass is 16.3. The number of hydrogen-bond donors (Lipinski definition) is 2. The van der Waals surface area contributed by atoms with E-state index < -0.39 is 0 Å². The summed E-state index contributed by atoms with van der Waals surface area (Å²) in [7, 11) is 0. The third-order valence-corrected chi connectivity index (χ3v) is 2.65. The van der Waals surface area contributed by atoms with Crippen molar-refractivity contribution in [3.05, 3.63) is 0 Å². The molecule has 1 rings (SSSR count). The summed E-state index contributed by atoms with van der Waals surface area (Å²) in [5, 5.41) is 11.2. The summed E-state index contributed by atoms with van der Waals surface area (Å²) in [4.78, 5) is 11.4. The first-order valence-corrected chi connectivity index (χ1v) is 4.85. The molecule has 0 aromatic carbocycles. The molecule has 0 heterocycles. The van der Waals surface area contributed by atoms with Crippen LogP contribution in [0.25, 0.3) is 0 Å². The molecule has 0 bridgehead atoms. The van der Waals surface area contributed by atoms with Crippen LogP contribution in [0.3, 0.4) is 0 Å². The first-order chi connectivity index (χ1) is 5.96. The first-order valence-electron chi connectivity index (χ1n) is 4.85. The maximum atomic E-state index is 11.4. The van der Waals surface area contributed by atoms with E-state index in [-0.39, 0.29) is 23.8 Å². The summed E-state index contributed by atoms with van der Waals surface area (Å²) in [5.41, 5.74) is 0.237. The molecule has 1 fully saturated rings. The standard InChI is InChI=1S/C10H19NO2/c1-10(2,3)8-6-7(8)9(13)11-4-5-12/h7-8,12H,4-6H2,1-3H3,(H,11,13)/t7-,8-/m1/s1. The molecule has 0 saturated heterocycles. The van der Waals surface area contributed by atoms with Crippen molar-refractivity contribution in [3.63, 3.8) is 0 Å². The van der Waals surface area contributed by atoms with Crippen molar-refractivity contribution in [2.24, 2.45) is 17.3 Å². The Kier molecular flexibility index (Phi) is 2.96. The molecule has 1 saturated carbocycles. The van der Waals surface area contributed by atoms with Crippen LogP contribution in [0.4, 0.5) is 0 Å². The fourth-order valence-corrected chi connectivity index (χ4v) is 1.75. The maximum absolute atomic E-state index is 11.4. The van der Waals surface area contributed by atoms with Gasteiger partial charge in [0.2, 0.25) is 5.91 Å². The molecule has 2 N–H and O–H groups in total. The van der Waals surface area contributed by atoms with Gasteiger partial charge in [-0.2, -0.15) is 0 Å². The number of aliphatic hydroxyl groups excluding tert-OH is 1. The van der Waals surface area contributed by atoms with Crippen LogP contribution in [0.1, 0.15) is 27.2 Å². The number of rotatable bonds is 3. The summed E-state index contributed by atoms with van der Waals surface area (Å²) in [6.07, 6.45) is 1.00. The molecule has 76 valence electrons. The molecule has 3 nitrogen and oxygen atoms in total. The van der Waals surface area contributed by atoms with Crippen molar-refractivity contribution in [2.75, 3.05) is 13.2 Å². The number of amides is 1. The Morgan fingerprint density at radius 1 is 1.54 bits per heavy atom. The first kappa shape index (κ1) is 10.5. The van der Waals surface area contributed by atoms with Gasteiger partial charge in [0.15, 0.2) is 0 Å². The monoisotopic (exact) mass is 185 g/mol. The Hall–Kier alpha value is -0.570. The Bertz CT molecular complexity index is 196. The largest absolute Gasteiger partial charge is 0.395 e. The summed E-state index contributed by atoms with van der Waals surface area (Å²) in [6.45, 7) is 6.90. The van der Waals surface area contributed by atoms with Crippen LogP contribution in [0.2, 0.25) is 0 Å². The highest BCUT2D eigenvalue weighted by molar-refractivity contribution is 5.81. The fraction of sp³-hybridized carbons (Fsp3) is 0.900. The van der Waals surface area contributed by atoms with Crippen molar-refractivity contribution in [1.82, 2.24) is 5.32 Å². The van der Waals surface area contributed by atoms with Crippen LogP contribution in [0.15, 0.2) is 0 Å². The second kappa shape index (κ2) is 3.66. The van der Waals surface area contributed by atoms with Gasteiger partial charge in [0.1, 0.15) is 0 Å². The van der Waals surface area contributed by atoms with Gasteiger partial charge in [-0.05, 0) is 17.8 Å². The van der Waals surface area contributed by atoms with E-state index in [1.165, 1.54) is 0 Å². The maximum Gasteiger partial charge on any atom is 0.223 e. The lowest BCUT2D eigenvalue weighted by molar-refractivity contribution is -0.123. The lowest BCUT2D eigenvalue weighted by Gasteiger charge is -2.17. The van der Waals surface area contributed by atoms with Crippen molar-refractivity contribution < 1.29 is 9.90 Å². The van der Waals surface area contributed by atoms with Gasteiger partial charge in [0, 0.05) is 12.5 Å². The topological polar surface area (TPSA) is 49.3 Å². The Morgan fingerprint density at radius 2 is 2.15 bits per heavy atom. The van der Waals surface area contributed by atoms with E-state index in [1.54, 1.807) is 0 Å². The minimum absolute atomic E-state index is 0.0264. The van der Waals surface area contributed by atoms with Crippen LogP contribution < -0.4 is 5.32 Å². The third-order valence-electron chi connectivity index (χ3n) is 2.65. The minimum Gasteiger partial charge on any atom is -0.395 e. The quantitative estimate of drug-likeness (QED) is 0.682. The summed E-state index contributed by atoms with van der Waals surface area (Å²) in [6, 6.07) is 0. The zero-order valence-electron chi connectivity index (χ0n) is 8.63. The lowest BCUT2D eigenvalue weighted by atomic mass is 9.89. The van der Waals surface area contributed by atoms with E-state index in [4.69, 9.17) is 5.11 Å². The Labute approximate surface area is 79.5 Å². The van der Waals surface area contributed by atoms with E-state index in [0.29, 0.717) is 12.5 Å². The molecule has 1 aliphatic carbocycles. The lowest BCUT2D eigenvalue weighted by Crippen LogP contribution is -2.29. The van der Waals surface area contributed by atoms with Crippen molar-refractivity contribution in [2.45, 2.75) is 27.2 Å². The van der Waals surface area contributed by atoms with Gasteiger partial charge in [-0.1, -0.05) is 20.8 Å². The van der Waals surface area contributed by atoms with Gasteiger partial charge in [0.05, 0.1) is 6.61 Å². The van der Waals surface area contributed by atoms with Crippen molar-refractivity contribution in [1.29, 1.82) is 0 Å². The summed E-state index contributed by atoms with van der Waals surface area (Å²) < 4.78 is 0. The molecule has 0 radical (unpaired) electrons. The van der Waals surface area contributed by atoms with Crippen LogP contribution in [-0.4, -0.2) is 24.2 Å². The molecule has 0 aliphatic heterocycles. The molecular formula is C10H19NO2.